The molecule has 5 rings (SSSR count). The summed E-state index contributed by atoms with van der Waals surface area (Å²) in [6.45, 7) is 1.96. The lowest BCUT2D eigenvalue weighted by Gasteiger charge is -2.06. The van der Waals surface area contributed by atoms with Gasteiger partial charge in [0.05, 0.1) is 22.3 Å². The van der Waals surface area contributed by atoms with Crippen LogP contribution in [0.3, 0.4) is 0 Å². The molecule has 0 aliphatic carbocycles. The average Bonchev–Trinajstić information content (AvgIpc) is 3.28. The van der Waals surface area contributed by atoms with Gasteiger partial charge in [0.1, 0.15) is 6.33 Å². The smallest absolute Gasteiger partial charge is 0.175 e. The van der Waals surface area contributed by atoms with Crippen molar-refractivity contribution in [1.82, 2.24) is 29.4 Å². The third-order valence-corrected chi connectivity index (χ3v) is 5.23. The average molecular weight is 395 g/mol. The first-order chi connectivity index (χ1) is 13.1. The van der Waals surface area contributed by atoms with Gasteiger partial charge in [0.2, 0.25) is 0 Å². The van der Waals surface area contributed by atoms with Gasteiger partial charge in [0, 0.05) is 10.6 Å². The van der Waals surface area contributed by atoms with Crippen molar-refractivity contribution in [3.8, 4) is 17.1 Å². The molecular weight excluding hydrogens is 383 g/mol. The Balaban J connectivity index is 1.73. The van der Waals surface area contributed by atoms with E-state index in [2.05, 4.69) is 20.3 Å². The van der Waals surface area contributed by atoms with E-state index >= 15 is 0 Å². The normalized spacial score (nSPS) is 11.5. The number of hydrogen-bond acceptors (Lipinski definition) is 4. The molecule has 0 aliphatic rings. The number of nitrogens with zero attached hydrogens (tertiary/aromatic N) is 6. The van der Waals surface area contributed by atoms with E-state index < -0.39 is 0 Å². The van der Waals surface area contributed by atoms with E-state index in [1.807, 2.05) is 53.8 Å². The molecule has 0 aliphatic heterocycles. The van der Waals surface area contributed by atoms with Gasteiger partial charge in [-0.05, 0) is 36.8 Å². The molecule has 0 amide bonds. The lowest BCUT2D eigenvalue weighted by molar-refractivity contribution is 0.893. The van der Waals surface area contributed by atoms with Gasteiger partial charge in [-0.3, -0.25) is 4.40 Å². The van der Waals surface area contributed by atoms with Gasteiger partial charge in [-0.1, -0.05) is 41.4 Å². The number of rotatable bonds is 2. The van der Waals surface area contributed by atoms with E-state index in [-0.39, 0.29) is 0 Å². The Morgan fingerprint density at radius 1 is 0.926 bits per heavy atom. The molecule has 132 valence electrons. The first kappa shape index (κ1) is 16.2. The summed E-state index contributed by atoms with van der Waals surface area (Å²) in [5.41, 5.74) is 3.99. The summed E-state index contributed by atoms with van der Waals surface area (Å²) >= 11 is 12.6. The van der Waals surface area contributed by atoms with Crippen LogP contribution in [0.2, 0.25) is 10.0 Å². The van der Waals surface area contributed by atoms with Gasteiger partial charge in [0.15, 0.2) is 17.1 Å². The molecule has 8 heteroatoms. The van der Waals surface area contributed by atoms with Crippen LogP contribution in [0.4, 0.5) is 0 Å². The largest absolute Gasteiger partial charge is 0.264 e. The van der Waals surface area contributed by atoms with Crippen LogP contribution in [0.25, 0.3) is 33.8 Å². The topological polar surface area (TPSA) is 60.9 Å². The molecule has 0 atom stereocenters. The van der Waals surface area contributed by atoms with Crippen molar-refractivity contribution < 1.29 is 0 Å². The molecule has 3 heterocycles. The van der Waals surface area contributed by atoms with Crippen LogP contribution in [0.1, 0.15) is 5.56 Å². The van der Waals surface area contributed by atoms with Crippen molar-refractivity contribution >= 4 is 39.9 Å². The van der Waals surface area contributed by atoms with Crippen molar-refractivity contribution in [3.63, 3.8) is 0 Å². The van der Waals surface area contributed by atoms with E-state index in [0.717, 1.165) is 22.2 Å². The Morgan fingerprint density at radius 2 is 1.78 bits per heavy atom. The summed E-state index contributed by atoms with van der Waals surface area (Å²) < 4.78 is 3.56. The maximum absolute atomic E-state index is 6.32. The molecule has 0 fully saturated rings. The molecule has 0 unspecified atom stereocenters. The highest BCUT2D eigenvalue weighted by molar-refractivity contribution is 6.33. The number of aromatic nitrogens is 6. The lowest BCUT2D eigenvalue weighted by Crippen LogP contribution is -1.99. The number of hydrogen-bond donors (Lipinski definition) is 0. The molecular formula is C19H12Cl2N6. The van der Waals surface area contributed by atoms with E-state index in [1.165, 1.54) is 0 Å². The third kappa shape index (κ3) is 2.49. The standard InChI is InChI=1S/C19H12Cl2N6/c1-11-6-7-12(8-16(11)21)27-17-14(9-23-27)19-25-24-18(26(19)10-22-17)13-4-2-3-5-15(13)20/h2-10H,1H3. The van der Waals surface area contributed by atoms with E-state index in [4.69, 9.17) is 23.2 Å². The zero-order valence-corrected chi connectivity index (χ0v) is 15.6. The van der Waals surface area contributed by atoms with Crippen molar-refractivity contribution in [2.24, 2.45) is 0 Å². The van der Waals surface area contributed by atoms with Crippen LogP contribution in [0, 0.1) is 6.92 Å². The Kier molecular flexibility index (Phi) is 3.63. The van der Waals surface area contributed by atoms with Gasteiger partial charge in [0.25, 0.3) is 0 Å². The highest BCUT2D eigenvalue weighted by atomic mass is 35.5. The third-order valence-electron chi connectivity index (χ3n) is 4.49. The zero-order valence-electron chi connectivity index (χ0n) is 14.1. The van der Waals surface area contributed by atoms with Crippen molar-refractivity contribution in [2.75, 3.05) is 0 Å². The molecule has 0 spiro atoms. The van der Waals surface area contributed by atoms with Gasteiger partial charge in [-0.15, -0.1) is 10.2 Å². The van der Waals surface area contributed by atoms with E-state index in [1.54, 1.807) is 17.2 Å². The summed E-state index contributed by atoms with van der Waals surface area (Å²) in [6.07, 6.45) is 3.42. The summed E-state index contributed by atoms with van der Waals surface area (Å²) in [5, 5.41) is 15.2. The minimum atomic E-state index is 0.608. The molecule has 0 saturated heterocycles. The molecule has 0 radical (unpaired) electrons. The molecule has 5 aromatic rings. The van der Waals surface area contributed by atoms with E-state index in [9.17, 15) is 0 Å². The summed E-state index contributed by atoms with van der Waals surface area (Å²) in [5.74, 6) is 0.635. The Morgan fingerprint density at radius 3 is 2.59 bits per heavy atom. The number of benzene rings is 2. The number of halogens is 2. The van der Waals surface area contributed by atoms with Crippen molar-refractivity contribution in [3.05, 3.63) is 70.6 Å². The molecule has 2 aromatic carbocycles. The first-order valence-corrected chi connectivity index (χ1v) is 8.98. The lowest BCUT2D eigenvalue weighted by atomic mass is 10.2. The SMILES string of the molecule is Cc1ccc(-n2ncc3c2ncn2c(-c4ccccc4Cl)nnc32)cc1Cl. The van der Waals surface area contributed by atoms with Crippen LogP contribution in [-0.2, 0) is 0 Å². The fourth-order valence-electron chi connectivity index (χ4n) is 3.05. The van der Waals surface area contributed by atoms with E-state index in [0.29, 0.717) is 27.2 Å². The summed E-state index contributed by atoms with van der Waals surface area (Å²) in [6, 6.07) is 13.3. The highest BCUT2D eigenvalue weighted by Crippen LogP contribution is 2.29. The Hall–Kier alpha value is -2.96. The van der Waals surface area contributed by atoms with Crippen LogP contribution in [0.15, 0.2) is 55.0 Å². The fourth-order valence-corrected chi connectivity index (χ4v) is 3.44. The predicted molar refractivity (Wildman–Crippen MR) is 106 cm³/mol. The van der Waals surface area contributed by atoms with Crippen LogP contribution >= 0.6 is 23.2 Å². The predicted octanol–water partition coefficient (Wildman–Crippen LogP) is 4.75. The monoisotopic (exact) mass is 394 g/mol. The minimum absolute atomic E-state index is 0.608. The molecule has 6 nitrogen and oxygen atoms in total. The second-order valence-corrected chi connectivity index (χ2v) is 6.98. The summed E-state index contributed by atoms with van der Waals surface area (Å²) in [4.78, 5) is 4.58. The molecule has 0 N–H and O–H groups in total. The quantitative estimate of drug-likeness (QED) is 0.433. The number of fused-ring (bicyclic) bond motifs is 3. The van der Waals surface area contributed by atoms with Gasteiger partial charge < -0.3 is 0 Å². The fraction of sp³-hybridized carbons (Fsp3) is 0.0526. The molecule has 0 saturated carbocycles. The Bertz CT molecular complexity index is 1320. The second-order valence-electron chi connectivity index (χ2n) is 6.17. The van der Waals surface area contributed by atoms with Crippen LogP contribution in [0.5, 0.6) is 0 Å². The minimum Gasteiger partial charge on any atom is -0.264 e. The second kappa shape index (κ2) is 6.04. The van der Waals surface area contributed by atoms with Gasteiger partial charge in [-0.25, -0.2) is 9.67 Å². The maximum atomic E-state index is 6.32. The van der Waals surface area contributed by atoms with Crippen molar-refractivity contribution in [2.45, 2.75) is 6.92 Å². The van der Waals surface area contributed by atoms with Crippen LogP contribution < -0.4 is 0 Å². The molecule has 3 aromatic heterocycles. The number of aryl methyl sites for hydroxylation is 1. The molecule has 0 bridgehead atoms. The highest BCUT2D eigenvalue weighted by Gasteiger charge is 2.16. The van der Waals surface area contributed by atoms with Gasteiger partial charge in [-0.2, -0.15) is 5.10 Å². The first-order valence-electron chi connectivity index (χ1n) is 8.22. The molecule has 27 heavy (non-hydrogen) atoms. The Labute approximate surface area is 164 Å². The van der Waals surface area contributed by atoms with Gasteiger partial charge >= 0.3 is 0 Å². The van der Waals surface area contributed by atoms with Crippen LogP contribution in [-0.4, -0.2) is 29.4 Å². The summed E-state index contributed by atoms with van der Waals surface area (Å²) in [7, 11) is 0. The van der Waals surface area contributed by atoms with Crippen molar-refractivity contribution in [1.29, 1.82) is 0 Å². The maximum Gasteiger partial charge on any atom is 0.175 e. The zero-order chi connectivity index (χ0) is 18.5.